The molecule has 60 valence electrons. The number of nitrogens with one attached hydrogen (secondary N) is 1. The summed E-state index contributed by atoms with van der Waals surface area (Å²) >= 11 is 0. The minimum atomic E-state index is -0.389. The van der Waals surface area contributed by atoms with Gasteiger partial charge in [0, 0.05) is 7.05 Å². The minimum Gasteiger partial charge on any atom is -0.461 e. The molecule has 0 spiro atoms. The molecule has 0 aromatic heterocycles. The molecule has 4 heteroatoms. The van der Waals surface area contributed by atoms with Crippen molar-refractivity contribution in [2.45, 2.75) is 6.92 Å². The molecule has 0 saturated carbocycles. The summed E-state index contributed by atoms with van der Waals surface area (Å²) in [5.74, 6) is -0.389. The largest absolute Gasteiger partial charge is 0.461 e. The van der Waals surface area contributed by atoms with Crippen LogP contribution < -0.4 is 5.32 Å². The Labute approximate surface area is 66.9 Å². The van der Waals surface area contributed by atoms with E-state index in [4.69, 9.17) is 0 Å². The van der Waals surface area contributed by atoms with E-state index in [-0.39, 0.29) is 24.1 Å². The summed E-state index contributed by atoms with van der Waals surface area (Å²) in [6.07, 6.45) is 0. The molecule has 0 rings (SSSR count). The summed E-state index contributed by atoms with van der Waals surface area (Å²) in [7, 11) is 1.62. The molecule has 0 heterocycles. The third-order valence-electron chi connectivity index (χ3n) is 0.824. The number of carbonyl (C=O) groups is 1. The van der Waals surface area contributed by atoms with Crippen molar-refractivity contribution >= 4 is 18.4 Å². The van der Waals surface area contributed by atoms with Crippen molar-refractivity contribution in [3.8, 4) is 0 Å². The molecule has 0 aromatic carbocycles. The Hall–Kier alpha value is -0.700. The number of hydrogen-bond donors (Lipinski definition) is 1. The maximum atomic E-state index is 10.6. The highest BCUT2D eigenvalue weighted by Gasteiger charge is 2.02. The van der Waals surface area contributed by atoms with Crippen molar-refractivity contribution in [3.63, 3.8) is 0 Å². The van der Waals surface area contributed by atoms with Gasteiger partial charge in [0.15, 0.2) is 0 Å². The quantitative estimate of drug-likeness (QED) is 0.495. The number of likely N-dealkylation sites (N-methyl/N-ethyl adjacent to an activating group) is 1. The van der Waals surface area contributed by atoms with E-state index >= 15 is 0 Å². The highest BCUT2D eigenvalue weighted by Crippen LogP contribution is 1.86. The Morgan fingerprint density at radius 3 is 2.50 bits per heavy atom. The molecule has 10 heavy (non-hydrogen) atoms. The fraction of sp³-hybridized carbons (Fsp3) is 0.500. The van der Waals surface area contributed by atoms with Crippen molar-refractivity contribution in [3.05, 3.63) is 12.3 Å². The van der Waals surface area contributed by atoms with Gasteiger partial charge in [0.25, 0.3) is 0 Å². The molecule has 0 aliphatic heterocycles. The lowest BCUT2D eigenvalue weighted by Crippen LogP contribution is -2.17. The van der Waals surface area contributed by atoms with E-state index in [1.807, 2.05) is 0 Å². The molecule has 0 saturated heterocycles. The summed E-state index contributed by atoms with van der Waals surface area (Å²) in [5, 5.41) is 2.58. The van der Waals surface area contributed by atoms with Crippen molar-refractivity contribution in [1.29, 1.82) is 0 Å². The van der Waals surface area contributed by atoms with Crippen LogP contribution in [0.15, 0.2) is 12.3 Å². The highest BCUT2D eigenvalue weighted by molar-refractivity contribution is 5.86. The van der Waals surface area contributed by atoms with Crippen LogP contribution in [-0.2, 0) is 9.53 Å². The van der Waals surface area contributed by atoms with Gasteiger partial charge in [-0.25, -0.2) is 4.79 Å². The summed E-state index contributed by atoms with van der Waals surface area (Å²) < 4.78 is 4.59. The number of esters is 1. The van der Waals surface area contributed by atoms with Gasteiger partial charge in [0.05, 0.1) is 6.61 Å². The number of carbonyl (C=O) groups excluding carboxylic acids is 1. The van der Waals surface area contributed by atoms with Crippen LogP contribution in [0.5, 0.6) is 0 Å². The lowest BCUT2D eigenvalue weighted by molar-refractivity contribution is -0.138. The molecule has 0 fully saturated rings. The average Bonchev–Trinajstić information content (AvgIpc) is 1.87. The highest BCUT2D eigenvalue weighted by atomic mass is 35.5. The fourth-order valence-electron chi connectivity index (χ4n) is 0.320. The predicted octanol–water partition coefficient (Wildman–Crippen LogP) is 0.704. The second kappa shape index (κ2) is 6.42. The smallest absolute Gasteiger partial charge is 0.353 e. The molecule has 0 aliphatic rings. The molecule has 1 N–H and O–H groups in total. The van der Waals surface area contributed by atoms with Gasteiger partial charge in [-0.3, -0.25) is 0 Å². The zero-order valence-corrected chi connectivity index (χ0v) is 6.96. The van der Waals surface area contributed by atoms with E-state index in [2.05, 4.69) is 16.6 Å². The zero-order valence-electron chi connectivity index (χ0n) is 6.14. The van der Waals surface area contributed by atoms with Gasteiger partial charge in [0.1, 0.15) is 5.70 Å². The molecule has 0 aliphatic carbocycles. The molecule has 0 aromatic rings. The van der Waals surface area contributed by atoms with Crippen molar-refractivity contribution < 1.29 is 9.53 Å². The summed E-state index contributed by atoms with van der Waals surface area (Å²) in [5.41, 5.74) is 0.289. The standard InChI is InChI=1S/C6H11NO2.ClH/c1-4-9-6(8)5(2)7-3;/h7H,2,4H2,1,3H3;1H. The van der Waals surface area contributed by atoms with Crippen molar-refractivity contribution in [2.24, 2.45) is 0 Å². The van der Waals surface area contributed by atoms with Crippen LogP contribution in [0.3, 0.4) is 0 Å². The number of rotatable bonds is 3. The third kappa shape index (κ3) is 4.21. The van der Waals surface area contributed by atoms with Gasteiger partial charge in [-0.05, 0) is 6.92 Å². The van der Waals surface area contributed by atoms with Crippen LogP contribution in [-0.4, -0.2) is 19.6 Å². The Morgan fingerprint density at radius 1 is 1.70 bits per heavy atom. The monoisotopic (exact) mass is 165 g/mol. The maximum Gasteiger partial charge on any atom is 0.353 e. The summed E-state index contributed by atoms with van der Waals surface area (Å²) in [6, 6.07) is 0. The first-order chi connectivity index (χ1) is 4.22. The SMILES string of the molecule is C=C(NC)C(=O)OCC.Cl. The van der Waals surface area contributed by atoms with Crippen LogP contribution in [0.25, 0.3) is 0 Å². The van der Waals surface area contributed by atoms with Crippen LogP contribution in [0, 0.1) is 0 Å². The second-order valence-electron chi connectivity index (χ2n) is 1.45. The molecule has 0 atom stereocenters. The molecular formula is C6H12ClNO2. The molecule has 0 amide bonds. The van der Waals surface area contributed by atoms with E-state index in [0.717, 1.165) is 0 Å². The van der Waals surface area contributed by atoms with E-state index in [1.165, 1.54) is 0 Å². The van der Waals surface area contributed by atoms with Crippen LogP contribution in [0.4, 0.5) is 0 Å². The first kappa shape index (κ1) is 12.0. The molecule has 0 unspecified atom stereocenters. The fourth-order valence-corrected chi connectivity index (χ4v) is 0.320. The topological polar surface area (TPSA) is 38.3 Å². The van der Waals surface area contributed by atoms with E-state index < -0.39 is 0 Å². The van der Waals surface area contributed by atoms with Crippen molar-refractivity contribution in [2.75, 3.05) is 13.7 Å². The molecular weight excluding hydrogens is 154 g/mol. The number of hydrogen-bond acceptors (Lipinski definition) is 3. The Bertz CT molecular complexity index is 125. The number of ether oxygens (including phenoxy) is 1. The van der Waals surface area contributed by atoms with E-state index in [1.54, 1.807) is 14.0 Å². The molecule has 0 bridgehead atoms. The Balaban J connectivity index is 0. The van der Waals surface area contributed by atoms with Crippen LogP contribution >= 0.6 is 12.4 Å². The van der Waals surface area contributed by atoms with Gasteiger partial charge in [-0.1, -0.05) is 6.58 Å². The maximum absolute atomic E-state index is 10.6. The Morgan fingerprint density at radius 2 is 2.20 bits per heavy atom. The first-order valence-corrected chi connectivity index (χ1v) is 2.76. The van der Waals surface area contributed by atoms with Gasteiger partial charge in [-0.2, -0.15) is 0 Å². The lowest BCUT2D eigenvalue weighted by Gasteiger charge is -2.01. The van der Waals surface area contributed by atoms with E-state index in [0.29, 0.717) is 6.61 Å². The van der Waals surface area contributed by atoms with Crippen LogP contribution in [0.1, 0.15) is 6.92 Å². The van der Waals surface area contributed by atoms with Crippen molar-refractivity contribution in [1.82, 2.24) is 5.32 Å². The molecule has 0 radical (unpaired) electrons. The average molecular weight is 166 g/mol. The normalized spacial score (nSPS) is 7.40. The van der Waals surface area contributed by atoms with E-state index in [9.17, 15) is 4.79 Å². The lowest BCUT2D eigenvalue weighted by atomic mass is 10.5. The zero-order chi connectivity index (χ0) is 7.28. The van der Waals surface area contributed by atoms with Gasteiger partial charge >= 0.3 is 5.97 Å². The van der Waals surface area contributed by atoms with Crippen LogP contribution in [0.2, 0.25) is 0 Å². The minimum absolute atomic E-state index is 0. The number of halogens is 1. The molecule has 3 nitrogen and oxygen atoms in total. The van der Waals surface area contributed by atoms with Gasteiger partial charge in [0.2, 0.25) is 0 Å². The third-order valence-corrected chi connectivity index (χ3v) is 0.824. The Kier molecular flexibility index (Phi) is 7.72. The summed E-state index contributed by atoms with van der Waals surface area (Å²) in [6.45, 7) is 5.55. The van der Waals surface area contributed by atoms with Gasteiger partial charge < -0.3 is 10.1 Å². The second-order valence-corrected chi connectivity index (χ2v) is 1.45. The first-order valence-electron chi connectivity index (χ1n) is 2.76. The predicted molar refractivity (Wildman–Crippen MR) is 42.1 cm³/mol. The summed E-state index contributed by atoms with van der Waals surface area (Å²) in [4.78, 5) is 10.6. The van der Waals surface area contributed by atoms with Gasteiger partial charge in [-0.15, -0.1) is 12.4 Å².